The van der Waals surface area contributed by atoms with Gasteiger partial charge in [-0.25, -0.2) is 4.98 Å². The monoisotopic (exact) mass is 261 g/mol. The molecule has 0 bridgehead atoms. The lowest BCUT2D eigenvalue weighted by molar-refractivity contribution is -0.141. The molecule has 1 fully saturated rings. The molecule has 19 heavy (non-hydrogen) atoms. The summed E-state index contributed by atoms with van der Waals surface area (Å²) in [6, 6.07) is 3.70. The molecule has 1 aliphatic heterocycles. The Morgan fingerprint density at radius 3 is 2.74 bits per heavy atom. The van der Waals surface area contributed by atoms with Crippen LogP contribution < -0.4 is 5.32 Å². The third-order valence-corrected chi connectivity index (χ3v) is 3.28. The van der Waals surface area contributed by atoms with Crippen molar-refractivity contribution in [2.75, 3.05) is 11.9 Å². The van der Waals surface area contributed by atoms with Crippen LogP contribution in [0.4, 0.5) is 5.82 Å². The fourth-order valence-corrected chi connectivity index (χ4v) is 2.25. The highest BCUT2D eigenvalue weighted by molar-refractivity contribution is 6.05. The Bertz CT molecular complexity index is 511. The quantitative estimate of drug-likeness (QED) is 0.839. The summed E-state index contributed by atoms with van der Waals surface area (Å²) in [4.78, 5) is 29.7. The molecule has 1 aliphatic rings. The van der Waals surface area contributed by atoms with Crippen LogP contribution in [0.5, 0.6) is 0 Å². The number of likely N-dealkylation sites (tertiary alicyclic amines) is 1. The summed E-state index contributed by atoms with van der Waals surface area (Å²) in [6.07, 6.45) is 1.97. The van der Waals surface area contributed by atoms with E-state index in [1.165, 1.54) is 4.90 Å². The lowest BCUT2D eigenvalue weighted by Crippen LogP contribution is -2.32. The van der Waals surface area contributed by atoms with Crippen LogP contribution >= 0.6 is 0 Å². The number of pyridine rings is 1. The molecule has 0 radical (unpaired) electrons. The van der Waals surface area contributed by atoms with Crippen LogP contribution in [0.2, 0.25) is 0 Å². The van der Waals surface area contributed by atoms with Crippen molar-refractivity contribution >= 4 is 17.6 Å². The highest BCUT2D eigenvalue weighted by Gasteiger charge is 2.44. The predicted octanol–water partition coefficient (Wildman–Crippen LogP) is 1.80. The van der Waals surface area contributed by atoms with Crippen LogP contribution in [-0.4, -0.2) is 28.2 Å². The number of hydrogen-bond donors (Lipinski definition) is 1. The molecule has 5 heteroatoms. The number of amides is 2. The summed E-state index contributed by atoms with van der Waals surface area (Å²) < 4.78 is 0. The third kappa shape index (κ3) is 2.59. The summed E-state index contributed by atoms with van der Waals surface area (Å²) >= 11 is 0. The zero-order valence-electron chi connectivity index (χ0n) is 11.6. The molecule has 1 aromatic rings. The molecular formula is C14H19N3O2. The van der Waals surface area contributed by atoms with Gasteiger partial charge in [-0.15, -0.1) is 0 Å². The first kappa shape index (κ1) is 13.5. The van der Waals surface area contributed by atoms with Gasteiger partial charge in [0.15, 0.2) is 0 Å². The van der Waals surface area contributed by atoms with Gasteiger partial charge < -0.3 is 5.32 Å². The molecule has 2 amide bonds. The number of rotatable bonds is 4. The minimum atomic E-state index is -0.586. The molecule has 2 heterocycles. The fraction of sp³-hybridized carbons (Fsp3) is 0.500. The molecule has 1 N–H and O–H groups in total. The summed E-state index contributed by atoms with van der Waals surface area (Å²) in [7, 11) is 0. The fourth-order valence-electron chi connectivity index (χ4n) is 2.25. The number of hydrogen-bond acceptors (Lipinski definition) is 4. The molecule has 2 rings (SSSR count). The summed E-state index contributed by atoms with van der Waals surface area (Å²) in [5.74, 6) is 0.514. The molecule has 5 nitrogen and oxygen atoms in total. The van der Waals surface area contributed by atoms with Gasteiger partial charge >= 0.3 is 0 Å². The molecule has 1 aromatic heterocycles. The first-order valence-corrected chi connectivity index (χ1v) is 6.48. The van der Waals surface area contributed by atoms with Gasteiger partial charge in [-0.3, -0.25) is 14.5 Å². The maximum Gasteiger partial charge on any atom is 0.235 e. The maximum absolute atomic E-state index is 12.2. The molecule has 102 valence electrons. The number of nitrogens with zero attached hydrogens (tertiary/aromatic N) is 2. The standard InChI is InChI=1S/C14H19N3O2/c1-4-15-12-10(6-5-7-16-12)9-17-11(18)8-14(2,3)13(17)19/h5-7H,4,8-9H2,1-3H3,(H,15,16). The van der Waals surface area contributed by atoms with Crippen LogP contribution in [0.1, 0.15) is 32.8 Å². The molecule has 1 saturated heterocycles. The van der Waals surface area contributed by atoms with Gasteiger partial charge in [0, 0.05) is 24.7 Å². The second-order valence-electron chi connectivity index (χ2n) is 5.39. The van der Waals surface area contributed by atoms with Gasteiger partial charge in [0.25, 0.3) is 0 Å². The Morgan fingerprint density at radius 2 is 2.16 bits per heavy atom. The molecule has 0 spiro atoms. The average molecular weight is 261 g/mol. The number of carbonyl (C=O) groups is 2. The second kappa shape index (κ2) is 4.99. The first-order chi connectivity index (χ1) is 8.95. The minimum Gasteiger partial charge on any atom is -0.370 e. The van der Waals surface area contributed by atoms with E-state index in [1.54, 1.807) is 6.20 Å². The van der Waals surface area contributed by atoms with Gasteiger partial charge in [0.1, 0.15) is 5.82 Å². The molecule has 0 aromatic carbocycles. The lowest BCUT2D eigenvalue weighted by Gasteiger charge is -2.19. The Morgan fingerprint density at radius 1 is 1.42 bits per heavy atom. The second-order valence-corrected chi connectivity index (χ2v) is 5.39. The number of nitrogens with one attached hydrogen (secondary N) is 1. The maximum atomic E-state index is 12.2. The molecular weight excluding hydrogens is 242 g/mol. The van der Waals surface area contributed by atoms with Crippen molar-refractivity contribution in [3.8, 4) is 0 Å². The minimum absolute atomic E-state index is 0.108. The van der Waals surface area contributed by atoms with Gasteiger partial charge in [-0.2, -0.15) is 0 Å². The van der Waals surface area contributed by atoms with Crippen molar-refractivity contribution in [2.45, 2.75) is 33.7 Å². The first-order valence-electron chi connectivity index (χ1n) is 6.48. The van der Waals surface area contributed by atoms with Crippen molar-refractivity contribution in [2.24, 2.45) is 5.41 Å². The summed E-state index contributed by atoms with van der Waals surface area (Å²) in [5.41, 5.74) is 0.279. The van der Waals surface area contributed by atoms with Crippen molar-refractivity contribution in [1.29, 1.82) is 0 Å². The van der Waals surface area contributed by atoms with E-state index in [-0.39, 0.29) is 24.8 Å². The molecule has 0 aliphatic carbocycles. The van der Waals surface area contributed by atoms with E-state index >= 15 is 0 Å². The van der Waals surface area contributed by atoms with E-state index in [9.17, 15) is 9.59 Å². The van der Waals surface area contributed by atoms with Crippen LogP contribution in [0.3, 0.4) is 0 Å². The Kier molecular flexibility index (Phi) is 3.55. The van der Waals surface area contributed by atoms with Crippen LogP contribution in [-0.2, 0) is 16.1 Å². The molecule has 0 unspecified atom stereocenters. The number of imide groups is 1. The van der Waals surface area contributed by atoms with Crippen molar-refractivity contribution < 1.29 is 9.59 Å². The Hall–Kier alpha value is -1.91. The van der Waals surface area contributed by atoms with E-state index in [0.29, 0.717) is 0 Å². The third-order valence-electron chi connectivity index (χ3n) is 3.28. The topological polar surface area (TPSA) is 62.3 Å². The molecule has 0 saturated carbocycles. The molecule has 0 atom stereocenters. The normalized spacial score (nSPS) is 17.9. The smallest absolute Gasteiger partial charge is 0.235 e. The zero-order valence-corrected chi connectivity index (χ0v) is 11.6. The van der Waals surface area contributed by atoms with Gasteiger partial charge in [-0.1, -0.05) is 19.9 Å². The highest BCUT2D eigenvalue weighted by Crippen LogP contribution is 2.33. The number of carbonyl (C=O) groups excluding carboxylic acids is 2. The van der Waals surface area contributed by atoms with E-state index in [4.69, 9.17) is 0 Å². The Labute approximate surface area is 113 Å². The zero-order chi connectivity index (χ0) is 14.0. The largest absolute Gasteiger partial charge is 0.370 e. The van der Waals surface area contributed by atoms with Gasteiger partial charge in [0.2, 0.25) is 11.8 Å². The van der Waals surface area contributed by atoms with Crippen LogP contribution in [0.25, 0.3) is 0 Å². The lowest BCUT2D eigenvalue weighted by atomic mass is 9.92. The number of aromatic nitrogens is 1. The van der Waals surface area contributed by atoms with Crippen molar-refractivity contribution in [3.05, 3.63) is 23.9 Å². The van der Waals surface area contributed by atoms with E-state index < -0.39 is 5.41 Å². The summed E-state index contributed by atoms with van der Waals surface area (Å²) in [6.45, 7) is 6.63. The SMILES string of the molecule is CCNc1ncccc1CN1C(=O)CC(C)(C)C1=O. The highest BCUT2D eigenvalue weighted by atomic mass is 16.2. The van der Waals surface area contributed by atoms with E-state index in [1.807, 2.05) is 32.9 Å². The Balaban J connectivity index is 2.22. The van der Waals surface area contributed by atoms with E-state index in [0.717, 1.165) is 17.9 Å². The van der Waals surface area contributed by atoms with Gasteiger partial charge in [0.05, 0.1) is 12.0 Å². The van der Waals surface area contributed by atoms with Gasteiger partial charge in [-0.05, 0) is 13.0 Å². The van der Waals surface area contributed by atoms with Crippen molar-refractivity contribution in [1.82, 2.24) is 9.88 Å². The number of anilines is 1. The van der Waals surface area contributed by atoms with Crippen molar-refractivity contribution in [3.63, 3.8) is 0 Å². The van der Waals surface area contributed by atoms with E-state index in [2.05, 4.69) is 10.3 Å². The van der Waals surface area contributed by atoms with Crippen LogP contribution in [0, 0.1) is 5.41 Å². The summed E-state index contributed by atoms with van der Waals surface area (Å²) in [5, 5.41) is 3.14. The average Bonchev–Trinajstić information content (AvgIpc) is 2.54. The predicted molar refractivity (Wildman–Crippen MR) is 72.4 cm³/mol. The van der Waals surface area contributed by atoms with Crippen LogP contribution in [0.15, 0.2) is 18.3 Å².